The second kappa shape index (κ2) is 7.95. The zero-order valence-electron chi connectivity index (χ0n) is 14.5. The molecule has 2 aromatic rings. The minimum absolute atomic E-state index is 0.101. The molecule has 0 radical (unpaired) electrons. The Morgan fingerprint density at radius 1 is 1.25 bits per heavy atom. The maximum atomic E-state index is 12.5. The van der Waals surface area contributed by atoms with Gasteiger partial charge in [-0.2, -0.15) is 0 Å². The molecule has 3 rings (SSSR count). The highest BCUT2D eigenvalue weighted by molar-refractivity contribution is 7.14. The molecule has 1 aliphatic heterocycles. The summed E-state index contributed by atoms with van der Waals surface area (Å²) in [5, 5.41) is 3.23. The van der Waals surface area contributed by atoms with Crippen LogP contribution in [0.1, 0.15) is 45.4 Å². The molecule has 0 bridgehead atoms. The van der Waals surface area contributed by atoms with Crippen LogP contribution >= 0.6 is 11.3 Å². The molecular weight excluding hydrogens is 316 g/mol. The van der Waals surface area contributed by atoms with Crippen LogP contribution in [-0.2, 0) is 13.0 Å². The standard InChI is InChI=1S/C20H26N2OS/c1-3-17-13-19(24-15(17)2)20(23)21-18-9-11-22(12-10-18)14-16-7-5-4-6-8-16/h4-8,13,18H,3,9-12,14H2,1-2H3,(H,21,23). The molecule has 1 aromatic heterocycles. The van der Waals surface area contributed by atoms with Crippen molar-refractivity contribution < 1.29 is 4.79 Å². The molecule has 1 fully saturated rings. The van der Waals surface area contributed by atoms with Gasteiger partial charge >= 0.3 is 0 Å². The van der Waals surface area contributed by atoms with Crippen molar-refractivity contribution in [2.75, 3.05) is 13.1 Å². The van der Waals surface area contributed by atoms with Crippen LogP contribution in [0.4, 0.5) is 0 Å². The van der Waals surface area contributed by atoms with Crippen molar-refractivity contribution in [3.05, 3.63) is 57.3 Å². The van der Waals surface area contributed by atoms with Gasteiger partial charge in [0.05, 0.1) is 4.88 Å². The Morgan fingerprint density at radius 2 is 1.96 bits per heavy atom. The van der Waals surface area contributed by atoms with Gasteiger partial charge in [-0.25, -0.2) is 0 Å². The zero-order chi connectivity index (χ0) is 16.9. The van der Waals surface area contributed by atoms with E-state index in [1.807, 2.05) is 0 Å². The van der Waals surface area contributed by atoms with Gasteiger partial charge in [-0.3, -0.25) is 9.69 Å². The van der Waals surface area contributed by atoms with Crippen LogP contribution in [0.3, 0.4) is 0 Å². The number of carbonyl (C=O) groups is 1. The predicted molar refractivity (Wildman–Crippen MR) is 101 cm³/mol. The molecule has 2 heterocycles. The molecule has 0 spiro atoms. The van der Waals surface area contributed by atoms with Gasteiger partial charge in [-0.1, -0.05) is 37.3 Å². The van der Waals surface area contributed by atoms with E-state index in [0.29, 0.717) is 6.04 Å². The summed E-state index contributed by atoms with van der Waals surface area (Å²) in [4.78, 5) is 17.0. The quantitative estimate of drug-likeness (QED) is 0.890. The van der Waals surface area contributed by atoms with E-state index in [1.165, 1.54) is 16.0 Å². The number of nitrogens with zero attached hydrogens (tertiary/aromatic N) is 1. The lowest BCUT2D eigenvalue weighted by Gasteiger charge is -2.32. The van der Waals surface area contributed by atoms with Crippen molar-refractivity contribution in [1.82, 2.24) is 10.2 Å². The number of benzene rings is 1. The second-order valence-electron chi connectivity index (χ2n) is 6.56. The van der Waals surface area contributed by atoms with Crippen LogP contribution in [0.15, 0.2) is 36.4 Å². The normalized spacial score (nSPS) is 16.2. The molecule has 1 aromatic carbocycles. The van der Waals surface area contributed by atoms with E-state index >= 15 is 0 Å². The largest absolute Gasteiger partial charge is 0.349 e. The number of likely N-dealkylation sites (tertiary alicyclic amines) is 1. The Bertz CT molecular complexity index is 672. The van der Waals surface area contributed by atoms with Crippen LogP contribution in [0, 0.1) is 6.92 Å². The second-order valence-corrected chi connectivity index (χ2v) is 7.81. The highest BCUT2D eigenvalue weighted by atomic mass is 32.1. The van der Waals surface area contributed by atoms with Crippen molar-refractivity contribution in [2.45, 2.75) is 45.7 Å². The summed E-state index contributed by atoms with van der Waals surface area (Å²) in [7, 11) is 0. The summed E-state index contributed by atoms with van der Waals surface area (Å²) in [6, 6.07) is 13.0. The van der Waals surface area contributed by atoms with Crippen LogP contribution in [0.2, 0.25) is 0 Å². The number of carbonyl (C=O) groups excluding carboxylic acids is 1. The Balaban J connectivity index is 1.49. The molecule has 1 aliphatic rings. The molecule has 0 saturated carbocycles. The maximum Gasteiger partial charge on any atom is 0.261 e. The van der Waals surface area contributed by atoms with E-state index < -0.39 is 0 Å². The number of thiophene rings is 1. The van der Waals surface area contributed by atoms with E-state index in [1.54, 1.807) is 11.3 Å². The minimum atomic E-state index is 0.101. The van der Waals surface area contributed by atoms with Gasteiger partial charge in [0.2, 0.25) is 0 Å². The number of hydrogen-bond donors (Lipinski definition) is 1. The number of piperidine rings is 1. The Labute approximate surface area is 148 Å². The Hall–Kier alpha value is -1.65. The third-order valence-corrected chi connectivity index (χ3v) is 5.89. The monoisotopic (exact) mass is 342 g/mol. The van der Waals surface area contributed by atoms with Gasteiger partial charge in [0.25, 0.3) is 5.91 Å². The van der Waals surface area contributed by atoms with E-state index in [-0.39, 0.29) is 5.91 Å². The fourth-order valence-corrected chi connectivity index (χ4v) is 4.33. The molecule has 0 aliphatic carbocycles. The molecule has 128 valence electrons. The molecule has 3 nitrogen and oxygen atoms in total. The Morgan fingerprint density at radius 3 is 2.58 bits per heavy atom. The average molecular weight is 343 g/mol. The van der Waals surface area contributed by atoms with E-state index in [4.69, 9.17) is 0 Å². The fraction of sp³-hybridized carbons (Fsp3) is 0.450. The topological polar surface area (TPSA) is 32.3 Å². The lowest BCUT2D eigenvalue weighted by Crippen LogP contribution is -2.44. The SMILES string of the molecule is CCc1cc(C(=O)NC2CCN(Cc3ccccc3)CC2)sc1C. The van der Waals surface area contributed by atoms with Gasteiger partial charge in [0.15, 0.2) is 0 Å². The molecule has 24 heavy (non-hydrogen) atoms. The molecule has 4 heteroatoms. The minimum Gasteiger partial charge on any atom is -0.349 e. The van der Waals surface area contributed by atoms with Gasteiger partial charge in [0.1, 0.15) is 0 Å². The summed E-state index contributed by atoms with van der Waals surface area (Å²) in [6.07, 6.45) is 3.06. The van der Waals surface area contributed by atoms with Crippen molar-refractivity contribution in [3.8, 4) is 0 Å². The Kier molecular flexibility index (Phi) is 5.69. The number of aryl methyl sites for hydroxylation is 2. The number of nitrogens with one attached hydrogen (secondary N) is 1. The van der Waals surface area contributed by atoms with Crippen LogP contribution < -0.4 is 5.32 Å². The van der Waals surface area contributed by atoms with Crippen molar-refractivity contribution in [2.24, 2.45) is 0 Å². The summed E-state index contributed by atoms with van der Waals surface area (Å²) in [6.45, 7) is 7.33. The van der Waals surface area contributed by atoms with Crippen molar-refractivity contribution in [1.29, 1.82) is 0 Å². The third kappa shape index (κ3) is 4.25. The van der Waals surface area contributed by atoms with Crippen LogP contribution in [-0.4, -0.2) is 29.9 Å². The zero-order valence-corrected chi connectivity index (χ0v) is 15.4. The van der Waals surface area contributed by atoms with E-state index in [2.05, 4.69) is 60.5 Å². The molecule has 0 atom stereocenters. The average Bonchev–Trinajstić information content (AvgIpc) is 2.99. The number of rotatable bonds is 5. The summed E-state index contributed by atoms with van der Waals surface area (Å²) < 4.78 is 0. The van der Waals surface area contributed by atoms with Crippen LogP contribution in [0.25, 0.3) is 0 Å². The first-order valence-electron chi connectivity index (χ1n) is 8.82. The number of hydrogen-bond acceptors (Lipinski definition) is 3. The number of amides is 1. The van der Waals surface area contributed by atoms with E-state index in [9.17, 15) is 4.79 Å². The van der Waals surface area contributed by atoms with Gasteiger partial charge in [0, 0.05) is 30.6 Å². The summed E-state index contributed by atoms with van der Waals surface area (Å²) >= 11 is 1.62. The van der Waals surface area contributed by atoms with Gasteiger partial charge < -0.3 is 5.32 Å². The highest BCUT2D eigenvalue weighted by Crippen LogP contribution is 2.22. The summed E-state index contributed by atoms with van der Waals surface area (Å²) in [5.41, 5.74) is 2.66. The lowest BCUT2D eigenvalue weighted by atomic mass is 10.0. The molecule has 1 saturated heterocycles. The third-order valence-electron chi connectivity index (χ3n) is 4.80. The smallest absolute Gasteiger partial charge is 0.261 e. The first kappa shape index (κ1) is 17.2. The molecular formula is C20H26N2OS. The fourth-order valence-electron chi connectivity index (χ4n) is 3.32. The predicted octanol–water partition coefficient (Wildman–Crippen LogP) is 4.01. The van der Waals surface area contributed by atoms with E-state index in [0.717, 1.165) is 43.8 Å². The molecule has 0 unspecified atom stereocenters. The van der Waals surface area contributed by atoms with Crippen molar-refractivity contribution >= 4 is 17.2 Å². The highest BCUT2D eigenvalue weighted by Gasteiger charge is 2.22. The molecule has 1 amide bonds. The van der Waals surface area contributed by atoms with Crippen molar-refractivity contribution in [3.63, 3.8) is 0 Å². The first-order valence-corrected chi connectivity index (χ1v) is 9.63. The maximum absolute atomic E-state index is 12.5. The van der Waals surface area contributed by atoms with Gasteiger partial charge in [-0.05, 0) is 43.4 Å². The van der Waals surface area contributed by atoms with Crippen LogP contribution in [0.5, 0.6) is 0 Å². The summed E-state index contributed by atoms with van der Waals surface area (Å²) in [5.74, 6) is 0.101. The van der Waals surface area contributed by atoms with Gasteiger partial charge in [-0.15, -0.1) is 11.3 Å². The first-order chi connectivity index (χ1) is 11.7. The molecule has 1 N–H and O–H groups in total. The lowest BCUT2D eigenvalue weighted by molar-refractivity contribution is 0.0913.